The summed E-state index contributed by atoms with van der Waals surface area (Å²) in [5, 5.41) is 3.08. The predicted molar refractivity (Wildman–Crippen MR) is 106 cm³/mol. The third kappa shape index (κ3) is 3.73. The van der Waals surface area contributed by atoms with Gasteiger partial charge in [-0.05, 0) is 42.8 Å². The number of likely N-dealkylation sites (tertiary alicyclic amines) is 1. The second-order valence-corrected chi connectivity index (χ2v) is 7.25. The summed E-state index contributed by atoms with van der Waals surface area (Å²) in [7, 11) is 0. The van der Waals surface area contributed by atoms with Crippen molar-refractivity contribution in [2.24, 2.45) is 0 Å². The van der Waals surface area contributed by atoms with Crippen LogP contribution in [0.1, 0.15) is 35.0 Å². The molecule has 2 aliphatic heterocycles. The van der Waals surface area contributed by atoms with E-state index >= 15 is 0 Å². The van der Waals surface area contributed by atoms with E-state index in [0.717, 1.165) is 18.4 Å². The van der Waals surface area contributed by atoms with Crippen molar-refractivity contribution in [3.8, 4) is 0 Å². The van der Waals surface area contributed by atoms with Gasteiger partial charge in [0.05, 0.1) is 12.3 Å². The molecule has 2 aliphatic rings. The van der Waals surface area contributed by atoms with Crippen molar-refractivity contribution in [1.29, 1.82) is 0 Å². The van der Waals surface area contributed by atoms with Crippen LogP contribution in [0.15, 0.2) is 53.1 Å². The van der Waals surface area contributed by atoms with E-state index in [4.69, 9.17) is 21.4 Å². The van der Waals surface area contributed by atoms with Gasteiger partial charge in [0.15, 0.2) is 10.9 Å². The molecule has 0 saturated carbocycles. The van der Waals surface area contributed by atoms with E-state index in [1.54, 1.807) is 12.1 Å². The van der Waals surface area contributed by atoms with Gasteiger partial charge in [-0.25, -0.2) is 4.79 Å². The highest BCUT2D eigenvalue weighted by Crippen LogP contribution is 2.33. The molecule has 0 aliphatic carbocycles. The highest BCUT2D eigenvalue weighted by molar-refractivity contribution is 7.80. The number of amides is 2. The Morgan fingerprint density at radius 3 is 2.54 bits per heavy atom. The lowest BCUT2D eigenvalue weighted by Gasteiger charge is -2.38. The Balaban J connectivity index is 1.36. The average Bonchev–Trinajstić information content (AvgIpc) is 3.39. The third-order valence-electron chi connectivity index (χ3n) is 5.21. The van der Waals surface area contributed by atoms with E-state index in [9.17, 15) is 9.59 Å². The number of hydrogen-bond donors (Lipinski definition) is 1. The van der Waals surface area contributed by atoms with Crippen LogP contribution >= 0.6 is 12.2 Å². The summed E-state index contributed by atoms with van der Waals surface area (Å²) in [6.45, 7) is 1.70. The van der Waals surface area contributed by atoms with E-state index in [2.05, 4.69) is 5.32 Å². The molecule has 4 rings (SSSR count). The van der Waals surface area contributed by atoms with Gasteiger partial charge in [0.2, 0.25) is 0 Å². The minimum Gasteiger partial charge on any atom is -0.459 e. The quantitative estimate of drug-likeness (QED) is 0.800. The zero-order valence-corrected chi connectivity index (χ0v) is 16.1. The van der Waals surface area contributed by atoms with Crippen molar-refractivity contribution in [1.82, 2.24) is 15.1 Å². The number of furan rings is 1. The predicted octanol–water partition coefficient (Wildman–Crippen LogP) is 2.95. The van der Waals surface area contributed by atoms with E-state index in [1.807, 2.05) is 40.1 Å². The highest BCUT2D eigenvalue weighted by Gasteiger charge is 2.40. The van der Waals surface area contributed by atoms with Crippen LogP contribution in [-0.4, -0.2) is 52.7 Å². The summed E-state index contributed by atoms with van der Waals surface area (Å²) in [6, 6.07) is 13.2. The Morgan fingerprint density at radius 1 is 1.11 bits per heavy atom. The number of thiocarbonyl (C=S) groups is 1. The Morgan fingerprint density at radius 2 is 1.86 bits per heavy atom. The lowest BCUT2D eigenvalue weighted by Crippen LogP contribution is -2.51. The summed E-state index contributed by atoms with van der Waals surface area (Å²) in [6.07, 6.45) is 2.70. The lowest BCUT2D eigenvalue weighted by atomic mass is 9.99. The maximum atomic E-state index is 12.3. The second-order valence-electron chi connectivity index (χ2n) is 6.87. The van der Waals surface area contributed by atoms with Crippen molar-refractivity contribution < 1.29 is 18.7 Å². The molecule has 0 radical (unpaired) electrons. The minimum atomic E-state index is -0.357. The van der Waals surface area contributed by atoms with Gasteiger partial charge in [0.1, 0.15) is 6.61 Å². The molecule has 0 bridgehead atoms. The Bertz CT molecular complexity index is 848. The molecule has 2 amide bonds. The molecule has 0 spiro atoms. The molecule has 1 atom stereocenters. The van der Waals surface area contributed by atoms with Crippen molar-refractivity contribution in [3.05, 3.63) is 60.1 Å². The van der Waals surface area contributed by atoms with Gasteiger partial charge in [-0.2, -0.15) is 0 Å². The van der Waals surface area contributed by atoms with Crippen LogP contribution in [0.4, 0.5) is 4.79 Å². The second kappa shape index (κ2) is 8.02. The molecule has 3 heterocycles. The SMILES string of the molecule is O=C(NC(=S)N1CCC(N2C(=O)OCC2c2ccccc2)CC1)c1ccco1. The zero-order valence-electron chi connectivity index (χ0n) is 15.2. The molecule has 7 nitrogen and oxygen atoms in total. The van der Waals surface area contributed by atoms with Crippen molar-refractivity contribution in [2.75, 3.05) is 19.7 Å². The number of ether oxygens (including phenoxy) is 1. The van der Waals surface area contributed by atoms with Gasteiger partial charge >= 0.3 is 6.09 Å². The fraction of sp³-hybridized carbons (Fsp3) is 0.350. The number of piperidine rings is 1. The number of cyclic esters (lactones) is 1. The van der Waals surface area contributed by atoms with Crippen LogP contribution in [0.2, 0.25) is 0 Å². The number of rotatable bonds is 3. The highest BCUT2D eigenvalue weighted by atomic mass is 32.1. The van der Waals surface area contributed by atoms with Gasteiger partial charge in [-0.3, -0.25) is 15.0 Å². The van der Waals surface area contributed by atoms with Crippen molar-refractivity contribution >= 4 is 29.3 Å². The Labute approximate surface area is 168 Å². The van der Waals surface area contributed by atoms with E-state index in [-0.39, 0.29) is 29.8 Å². The molecule has 1 N–H and O–H groups in total. The number of nitrogens with zero attached hydrogens (tertiary/aromatic N) is 2. The van der Waals surface area contributed by atoms with Gasteiger partial charge < -0.3 is 14.1 Å². The van der Waals surface area contributed by atoms with E-state index in [1.165, 1.54) is 6.26 Å². The fourth-order valence-corrected chi connectivity index (χ4v) is 4.04. The first-order valence-electron chi connectivity index (χ1n) is 9.27. The first kappa shape index (κ1) is 18.5. The largest absolute Gasteiger partial charge is 0.459 e. The summed E-state index contributed by atoms with van der Waals surface area (Å²) in [4.78, 5) is 28.2. The molecule has 2 aromatic rings. The van der Waals surface area contributed by atoms with Crippen LogP contribution in [0.5, 0.6) is 0 Å². The fourth-order valence-electron chi connectivity index (χ4n) is 3.76. The molecular weight excluding hydrogens is 378 g/mol. The molecule has 28 heavy (non-hydrogen) atoms. The van der Waals surface area contributed by atoms with Gasteiger partial charge in [-0.15, -0.1) is 0 Å². The molecule has 146 valence electrons. The molecular formula is C20H21N3O4S. The molecule has 1 unspecified atom stereocenters. The van der Waals surface area contributed by atoms with Crippen molar-refractivity contribution in [3.63, 3.8) is 0 Å². The number of carbonyl (C=O) groups is 2. The standard InChI is InChI=1S/C20H21N3O4S/c24-18(17-7-4-12-26-17)21-19(28)22-10-8-15(9-11-22)23-16(13-27-20(23)25)14-5-2-1-3-6-14/h1-7,12,15-16H,8-11,13H2,(H,21,24,28). The summed E-state index contributed by atoms with van der Waals surface area (Å²) < 4.78 is 10.4. The summed E-state index contributed by atoms with van der Waals surface area (Å²) in [5.41, 5.74) is 1.08. The summed E-state index contributed by atoms with van der Waals surface area (Å²) in [5.74, 6) is -0.132. The average molecular weight is 399 g/mol. The topological polar surface area (TPSA) is 75.0 Å². The number of carbonyl (C=O) groups excluding carboxylic acids is 2. The first-order chi connectivity index (χ1) is 13.6. The van der Waals surface area contributed by atoms with Crippen molar-refractivity contribution in [2.45, 2.75) is 24.9 Å². The zero-order chi connectivity index (χ0) is 19.5. The number of nitrogens with one attached hydrogen (secondary N) is 1. The smallest absolute Gasteiger partial charge is 0.410 e. The number of benzene rings is 1. The Kier molecular flexibility index (Phi) is 5.29. The summed E-state index contributed by atoms with van der Waals surface area (Å²) >= 11 is 5.37. The van der Waals surface area contributed by atoms with Crippen LogP contribution < -0.4 is 5.32 Å². The van der Waals surface area contributed by atoms with Gasteiger partial charge in [-0.1, -0.05) is 30.3 Å². The van der Waals surface area contributed by atoms with Crippen LogP contribution in [-0.2, 0) is 4.74 Å². The number of hydrogen-bond acceptors (Lipinski definition) is 5. The monoisotopic (exact) mass is 399 g/mol. The van der Waals surface area contributed by atoms with E-state index in [0.29, 0.717) is 24.8 Å². The van der Waals surface area contributed by atoms with Gasteiger partial charge in [0, 0.05) is 19.1 Å². The maximum absolute atomic E-state index is 12.3. The molecule has 2 saturated heterocycles. The minimum absolute atomic E-state index is 0.0594. The van der Waals surface area contributed by atoms with Crippen LogP contribution in [0, 0.1) is 0 Å². The lowest BCUT2D eigenvalue weighted by molar-refractivity contribution is 0.0942. The third-order valence-corrected chi connectivity index (χ3v) is 5.57. The first-order valence-corrected chi connectivity index (χ1v) is 9.68. The van der Waals surface area contributed by atoms with E-state index < -0.39 is 0 Å². The Hall–Kier alpha value is -2.87. The maximum Gasteiger partial charge on any atom is 0.410 e. The van der Waals surface area contributed by atoms with Gasteiger partial charge in [0.25, 0.3) is 5.91 Å². The normalized spacial score (nSPS) is 20.1. The molecule has 1 aromatic carbocycles. The van der Waals surface area contributed by atoms with Crippen LogP contribution in [0.25, 0.3) is 0 Å². The van der Waals surface area contributed by atoms with Crippen LogP contribution in [0.3, 0.4) is 0 Å². The molecule has 8 heteroatoms. The molecule has 1 aromatic heterocycles. The molecule has 2 fully saturated rings.